The molecule has 0 saturated carbocycles. The zero-order chi connectivity index (χ0) is 25.0. The fraction of sp³-hybridized carbons (Fsp3) is 0.0357. The monoisotopic (exact) mass is 493 g/mol. The number of fused-ring (bicyclic) bond motifs is 1. The van der Waals surface area contributed by atoms with Gasteiger partial charge in [0.05, 0.1) is 5.56 Å². The number of aromatic nitrogens is 1. The van der Waals surface area contributed by atoms with Crippen molar-refractivity contribution >= 4 is 24.4 Å². The van der Waals surface area contributed by atoms with Crippen LogP contribution in [0.4, 0.5) is 17.3 Å². The number of aryl methyl sites for hydroxylation is 1. The van der Waals surface area contributed by atoms with Crippen molar-refractivity contribution in [2.24, 2.45) is 0 Å². The summed E-state index contributed by atoms with van der Waals surface area (Å²) in [5, 5.41) is 0.745. The molecule has 0 aliphatic carbocycles. The number of benzene rings is 3. The molecule has 0 N–H and O–H groups in total. The maximum absolute atomic E-state index is 9.75. The third-order valence-corrected chi connectivity index (χ3v) is 5.68. The van der Waals surface area contributed by atoms with Gasteiger partial charge < -0.3 is 17.3 Å². The molecular weight excluding hydrogens is 473 g/mol. The fourth-order valence-corrected chi connectivity index (χ4v) is 4.16. The number of pyridine rings is 2. The summed E-state index contributed by atoms with van der Waals surface area (Å²) in [6.07, 6.45) is 2.22. The summed E-state index contributed by atoms with van der Waals surface area (Å²) in [5.41, 5.74) is 9.51. The van der Waals surface area contributed by atoms with Gasteiger partial charge >= 0.3 is 7.25 Å². The van der Waals surface area contributed by atoms with Crippen LogP contribution >= 0.6 is 11.6 Å². The summed E-state index contributed by atoms with van der Waals surface area (Å²) >= 11 is 6.19. The van der Waals surface area contributed by atoms with E-state index in [0.717, 1.165) is 16.1 Å². The Morgan fingerprint density at radius 3 is 1.77 bits per heavy atom. The molecule has 0 spiro atoms. The van der Waals surface area contributed by atoms with Gasteiger partial charge in [0.15, 0.2) is 6.20 Å². The van der Waals surface area contributed by atoms with Gasteiger partial charge in [0.25, 0.3) is 0 Å². The second-order valence-corrected chi connectivity index (χ2v) is 8.45. The van der Waals surface area contributed by atoms with Crippen molar-refractivity contribution in [3.05, 3.63) is 120 Å². The molecule has 7 heteroatoms. The molecule has 0 fully saturated rings. The lowest BCUT2D eigenvalue weighted by molar-refractivity contribution is -0.499. The minimum Gasteiger partial charge on any atom is -0.418 e. The zero-order valence-corrected chi connectivity index (χ0v) is 19.6. The molecule has 35 heavy (non-hydrogen) atoms. The standard InChI is InChI=1S/C28H21ClN.BF4/c1-20-12-17-25-18-26(21-13-15-24(29)16-14-21)27(22-8-4-2-5-9-22)28(30(25)19-20)23-10-6-3-7-11-23;2-1(3,4)5/h2-19H,1H3;/q+1;-1. The first-order chi connectivity index (χ1) is 16.7. The van der Waals surface area contributed by atoms with Crippen molar-refractivity contribution in [3.8, 4) is 33.5 Å². The van der Waals surface area contributed by atoms with Crippen molar-refractivity contribution in [1.29, 1.82) is 0 Å². The van der Waals surface area contributed by atoms with Gasteiger partial charge in [-0.3, -0.25) is 0 Å². The maximum atomic E-state index is 9.75. The SMILES string of the molecule is Cc1ccc2cc(-c3ccc(Cl)cc3)c(-c3ccccc3)c(-c3ccccc3)[n+]2c1.F[B-](F)(F)F. The molecule has 5 aromatic rings. The Hall–Kier alpha value is -3.64. The second-order valence-electron chi connectivity index (χ2n) is 8.02. The minimum absolute atomic E-state index is 0.745. The van der Waals surface area contributed by atoms with Crippen LogP contribution in [-0.2, 0) is 0 Å². The van der Waals surface area contributed by atoms with Crippen molar-refractivity contribution < 1.29 is 21.7 Å². The van der Waals surface area contributed by atoms with Crippen LogP contribution in [0.15, 0.2) is 109 Å². The van der Waals surface area contributed by atoms with Crippen molar-refractivity contribution in [3.63, 3.8) is 0 Å². The molecule has 3 aromatic carbocycles. The Kier molecular flexibility index (Phi) is 7.22. The first-order valence-corrected chi connectivity index (χ1v) is 11.3. The van der Waals surface area contributed by atoms with E-state index in [1.54, 1.807) is 0 Å². The molecule has 5 rings (SSSR count). The Labute approximate surface area is 206 Å². The molecule has 0 bridgehead atoms. The molecule has 1 nitrogen and oxygen atoms in total. The molecule has 0 amide bonds. The zero-order valence-electron chi connectivity index (χ0n) is 18.8. The van der Waals surface area contributed by atoms with Crippen LogP contribution in [0, 0.1) is 6.92 Å². The first-order valence-electron chi connectivity index (χ1n) is 10.9. The smallest absolute Gasteiger partial charge is 0.418 e. The average Bonchev–Trinajstić information content (AvgIpc) is 2.83. The fourth-order valence-electron chi connectivity index (χ4n) is 4.03. The summed E-state index contributed by atoms with van der Waals surface area (Å²) in [7, 11) is -6.00. The predicted octanol–water partition coefficient (Wildman–Crippen LogP) is 8.69. The van der Waals surface area contributed by atoms with E-state index in [-0.39, 0.29) is 0 Å². The lowest BCUT2D eigenvalue weighted by Crippen LogP contribution is -2.26. The van der Waals surface area contributed by atoms with E-state index in [2.05, 4.69) is 109 Å². The van der Waals surface area contributed by atoms with Crippen LogP contribution in [0.3, 0.4) is 0 Å². The van der Waals surface area contributed by atoms with E-state index in [9.17, 15) is 17.3 Å². The van der Waals surface area contributed by atoms with E-state index in [1.807, 2.05) is 12.1 Å². The molecule has 0 aliphatic heterocycles. The first kappa shape index (κ1) is 24.5. The van der Waals surface area contributed by atoms with Gasteiger partial charge in [-0.05, 0) is 48.4 Å². The summed E-state index contributed by atoms with van der Waals surface area (Å²) < 4.78 is 41.3. The molecule has 0 atom stereocenters. The summed E-state index contributed by atoms with van der Waals surface area (Å²) in [4.78, 5) is 0. The van der Waals surface area contributed by atoms with E-state index in [0.29, 0.717) is 0 Å². The third kappa shape index (κ3) is 6.08. The molecule has 0 radical (unpaired) electrons. The van der Waals surface area contributed by atoms with E-state index >= 15 is 0 Å². The van der Waals surface area contributed by atoms with Crippen LogP contribution in [0.5, 0.6) is 0 Å². The van der Waals surface area contributed by atoms with Crippen LogP contribution in [-0.4, -0.2) is 7.25 Å². The molecule has 0 saturated heterocycles. The predicted molar refractivity (Wildman–Crippen MR) is 136 cm³/mol. The topological polar surface area (TPSA) is 4.10 Å². The molecule has 2 heterocycles. The number of halogens is 5. The highest BCUT2D eigenvalue weighted by Gasteiger charge is 2.24. The number of hydrogen-bond acceptors (Lipinski definition) is 0. The largest absolute Gasteiger partial charge is 0.673 e. The highest BCUT2D eigenvalue weighted by Crippen LogP contribution is 2.39. The molecule has 2 aromatic heterocycles. The van der Waals surface area contributed by atoms with Gasteiger partial charge in [-0.15, -0.1) is 0 Å². The lowest BCUT2D eigenvalue weighted by atomic mass is 9.90. The highest BCUT2D eigenvalue weighted by molar-refractivity contribution is 6.50. The van der Waals surface area contributed by atoms with Gasteiger partial charge in [-0.25, -0.2) is 0 Å². The Bertz CT molecular complexity index is 1430. The summed E-state index contributed by atoms with van der Waals surface area (Å²) in [5.74, 6) is 0. The van der Waals surface area contributed by atoms with Gasteiger partial charge in [-0.2, -0.15) is 4.40 Å². The molecule has 0 unspecified atom stereocenters. The van der Waals surface area contributed by atoms with Crippen LogP contribution in [0.1, 0.15) is 5.56 Å². The van der Waals surface area contributed by atoms with Gasteiger partial charge in [0, 0.05) is 33.8 Å². The maximum Gasteiger partial charge on any atom is 0.673 e. The van der Waals surface area contributed by atoms with Crippen molar-refractivity contribution in [2.75, 3.05) is 0 Å². The Morgan fingerprint density at radius 2 is 1.20 bits per heavy atom. The minimum atomic E-state index is -6.00. The highest BCUT2D eigenvalue weighted by atomic mass is 35.5. The average molecular weight is 494 g/mol. The molecule has 0 aliphatic rings. The Morgan fingerprint density at radius 1 is 0.657 bits per heavy atom. The van der Waals surface area contributed by atoms with E-state index in [1.165, 1.54) is 33.5 Å². The van der Waals surface area contributed by atoms with E-state index < -0.39 is 7.25 Å². The van der Waals surface area contributed by atoms with Gasteiger partial charge in [0.1, 0.15) is 0 Å². The second kappa shape index (κ2) is 10.3. The van der Waals surface area contributed by atoms with Crippen molar-refractivity contribution in [2.45, 2.75) is 6.92 Å². The van der Waals surface area contributed by atoms with Gasteiger partial charge in [-0.1, -0.05) is 72.3 Å². The number of nitrogens with zero attached hydrogens (tertiary/aromatic N) is 1. The Balaban J connectivity index is 0.000000527. The van der Waals surface area contributed by atoms with Crippen LogP contribution < -0.4 is 4.40 Å². The molecule has 176 valence electrons. The number of rotatable bonds is 3. The molecular formula is C28H21BClF4N. The van der Waals surface area contributed by atoms with Crippen LogP contribution in [0.25, 0.3) is 39.0 Å². The van der Waals surface area contributed by atoms with Crippen molar-refractivity contribution in [1.82, 2.24) is 0 Å². The van der Waals surface area contributed by atoms with Gasteiger partial charge in [0.2, 0.25) is 11.2 Å². The lowest BCUT2D eigenvalue weighted by Gasteiger charge is -2.14. The quantitative estimate of drug-likeness (QED) is 0.134. The summed E-state index contributed by atoms with van der Waals surface area (Å²) in [6.45, 7) is 2.14. The number of hydrogen-bond donors (Lipinski definition) is 0. The van der Waals surface area contributed by atoms with E-state index in [4.69, 9.17) is 11.6 Å². The summed E-state index contributed by atoms with van der Waals surface area (Å²) in [6, 6.07) is 36.0. The normalized spacial score (nSPS) is 11.1. The third-order valence-electron chi connectivity index (χ3n) is 5.43. The van der Waals surface area contributed by atoms with Crippen LogP contribution in [0.2, 0.25) is 5.02 Å².